The Morgan fingerprint density at radius 1 is 1.21 bits per heavy atom. The van der Waals surface area contributed by atoms with Gasteiger partial charge >= 0.3 is 0 Å². The molecule has 0 bridgehead atoms. The molecule has 0 atom stereocenters. The molecule has 8 heteroatoms. The van der Waals surface area contributed by atoms with E-state index >= 15 is 0 Å². The minimum atomic E-state index is -3.31. The van der Waals surface area contributed by atoms with E-state index in [2.05, 4.69) is 10.1 Å². The summed E-state index contributed by atoms with van der Waals surface area (Å²) in [5.41, 5.74) is 3.34. The topological polar surface area (TPSA) is 91.2 Å². The molecule has 0 fully saturated rings. The molecule has 0 saturated carbocycles. The summed E-state index contributed by atoms with van der Waals surface area (Å²) in [4.78, 5) is 16.4. The molecule has 0 radical (unpaired) electrons. The second-order valence-corrected chi connectivity index (χ2v) is 9.27. The van der Waals surface area contributed by atoms with Crippen LogP contribution in [0, 0.1) is 0 Å². The first-order valence-electron chi connectivity index (χ1n) is 9.36. The first kappa shape index (κ1) is 19.3. The van der Waals surface area contributed by atoms with Crippen LogP contribution in [0.15, 0.2) is 47.6 Å². The number of sulfone groups is 1. The van der Waals surface area contributed by atoms with Crippen LogP contribution in [0.1, 0.15) is 41.4 Å². The van der Waals surface area contributed by atoms with Crippen molar-refractivity contribution in [2.45, 2.75) is 37.8 Å². The van der Waals surface area contributed by atoms with Crippen molar-refractivity contribution >= 4 is 16.1 Å². The van der Waals surface area contributed by atoms with Crippen molar-refractivity contribution in [2.75, 3.05) is 5.75 Å². The van der Waals surface area contributed by atoms with Crippen LogP contribution in [0.4, 0.5) is 0 Å². The number of nitrogens with zero attached hydrogens (tertiary/aromatic N) is 3. The maximum absolute atomic E-state index is 12.1. The fraction of sp³-hybridized carbons (Fsp3) is 0.286. The third kappa shape index (κ3) is 3.44. The van der Waals surface area contributed by atoms with Crippen molar-refractivity contribution in [3.8, 4) is 17.1 Å². The molecule has 0 N–H and O–H groups in total. The Balaban J connectivity index is 1.66. The second kappa shape index (κ2) is 7.44. The standard InChI is InChI=1S/C21H21N3O4S/c1-14(2)24-18(7-10-23-24)21-15(4-3-9-22-21)13-28-19-5-6-20-16(17(19)12-25)8-11-29(20,26)27/h3-7,9-10,12,14H,8,11,13H2,1-2H3. The van der Waals surface area contributed by atoms with Gasteiger partial charge in [0.25, 0.3) is 0 Å². The summed E-state index contributed by atoms with van der Waals surface area (Å²) >= 11 is 0. The number of ether oxygens (including phenoxy) is 1. The lowest BCUT2D eigenvalue weighted by atomic mass is 10.1. The van der Waals surface area contributed by atoms with E-state index < -0.39 is 9.84 Å². The van der Waals surface area contributed by atoms with Crippen molar-refractivity contribution in [3.05, 3.63) is 59.4 Å². The molecule has 29 heavy (non-hydrogen) atoms. The Bertz CT molecular complexity index is 1180. The van der Waals surface area contributed by atoms with Crippen LogP contribution < -0.4 is 4.74 Å². The molecule has 0 saturated heterocycles. The van der Waals surface area contributed by atoms with Crippen LogP contribution >= 0.6 is 0 Å². The van der Waals surface area contributed by atoms with Gasteiger partial charge in [0.15, 0.2) is 16.1 Å². The lowest BCUT2D eigenvalue weighted by molar-refractivity contribution is 0.111. The zero-order valence-corrected chi connectivity index (χ0v) is 17.0. The van der Waals surface area contributed by atoms with Gasteiger partial charge in [-0.3, -0.25) is 14.5 Å². The van der Waals surface area contributed by atoms with E-state index in [1.165, 1.54) is 6.07 Å². The average Bonchev–Trinajstić information content (AvgIpc) is 3.31. The van der Waals surface area contributed by atoms with Crippen LogP contribution in [0.3, 0.4) is 0 Å². The van der Waals surface area contributed by atoms with E-state index in [9.17, 15) is 13.2 Å². The van der Waals surface area contributed by atoms with Gasteiger partial charge in [-0.15, -0.1) is 0 Å². The highest BCUT2D eigenvalue weighted by Gasteiger charge is 2.30. The summed E-state index contributed by atoms with van der Waals surface area (Å²) < 4.78 is 32.0. The number of carbonyl (C=O) groups is 1. The number of hydrogen-bond donors (Lipinski definition) is 0. The van der Waals surface area contributed by atoms with Crippen LogP contribution in [0.25, 0.3) is 11.4 Å². The normalized spacial score (nSPS) is 14.7. The molecule has 4 rings (SSSR count). The summed E-state index contributed by atoms with van der Waals surface area (Å²) in [6.45, 7) is 4.29. The van der Waals surface area contributed by atoms with Gasteiger partial charge in [0.2, 0.25) is 0 Å². The molecular weight excluding hydrogens is 390 g/mol. The Morgan fingerprint density at radius 3 is 2.79 bits per heavy atom. The highest BCUT2D eigenvalue weighted by atomic mass is 32.2. The minimum Gasteiger partial charge on any atom is -0.488 e. The van der Waals surface area contributed by atoms with E-state index in [1.807, 2.05) is 36.7 Å². The van der Waals surface area contributed by atoms with Crippen molar-refractivity contribution in [2.24, 2.45) is 0 Å². The summed E-state index contributed by atoms with van der Waals surface area (Å²) in [7, 11) is -3.31. The average molecular weight is 411 g/mol. The number of carbonyl (C=O) groups excluding carboxylic acids is 1. The molecule has 3 heterocycles. The Hall–Kier alpha value is -3.00. The monoisotopic (exact) mass is 411 g/mol. The highest BCUT2D eigenvalue weighted by Crippen LogP contribution is 2.34. The second-order valence-electron chi connectivity index (χ2n) is 7.20. The Labute approximate surface area is 169 Å². The van der Waals surface area contributed by atoms with Crippen molar-refractivity contribution in [1.82, 2.24) is 14.8 Å². The molecule has 0 spiro atoms. The number of rotatable bonds is 6. The highest BCUT2D eigenvalue weighted by molar-refractivity contribution is 7.91. The molecule has 0 unspecified atom stereocenters. The maximum Gasteiger partial charge on any atom is 0.179 e. The van der Waals surface area contributed by atoms with Crippen molar-refractivity contribution in [3.63, 3.8) is 0 Å². The largest absolute Gasteiger partial charge is 0.488 e. The molecule has 2 aromatic heterocycles. The summed E-state index contributed by atoms with van der Waals surface area (Å²) in [6.07, 6.45) is 4.45. The molecule has 1 aliphatic rings. The van der Waals surface area contributed by atoms with Crippen LogP contribution in [-0.4, -0.2) is 35.2 Å². The molecule has 3 aromatic rings. The first-order valence-corrected chi connectivity index (χ1v) is 11.0. The smallest absolute Gasteiger partial charge is 0.179 e. The summed E-state index contributed by atoms with van der Waals surface area (Å²) in [6, 6.07) is 8.91. The lowest BCUT2D eigenvalue weighted by Crippen LogP contribution is -2.08. The molecule has 1 aromatic carbocycles. The Morgan fingerprint density at radius 2 is 2.03 bits per heavy atom. The van der Waals surface area contributed by atoms with E-state index in [-0.39, 0.29) is 23.3 Å². The number of pyridine rings is 1. The molecule has 0 amide bonds. The fourth-order valence-corrected chi connectivity index (χ4v) is 5.18. The van der Waals surface area contributed by atoms with Crippen molar-refractivity contribution in [1.29, 1.82) is 0 Å². The molecule has 1 aliphatic heterocycles. The zero-order chi connectivity index (χ0) is 20.6. The minimum absolute atomic E-state index is 0.0264. The van der Waals surface area contributed by atoms with Gasteiger partial charge in [-0.2, -0.15) is 5.10 Å². The van der Waals surface area contributed by atoms with Gasteiger partial charge in [-0.05, 0) is 50.1 Å². The molecule has 7 nitrogen and oxygen atoms in total. The summed E-state index contributed by atoms with van der Waals surface area (Å²) in [5, 5.41) is 4.36. The predicted molar refractivity (Wildman–Crippen MR) is 108 cm³/mol. The molecule has 150 valence electrons. The van der Waals surface area contributed by atoms with Crippen LogP contribution in [0.2, 0.25) is 0 Å². The SMILES string of the molecule is CC(C)n1nccc1-c1ncccc1COc1ccc2c(c1C=O)CCS2(=O)=O. The number of benzene rings is 1. The third-order valence-corrected chi connectivity index (χ3v) is 6.82. The number of aromatic nitrogens is 3. The number of fused-ring (bicyclic) bond motifs is 1. The fourth-order valence-electron chi connectivity index (χ4n) is 3.63. The van der Waals surface area contributed by atoms with E-state index in [1.54, 1.807) is 18.5 Å². The molecular formula is C21H21N3O4S. The van der Waals surface area contributed by atoms with Gasteiger partial charge in [0.05, 0.1) is 27.6 Å². The molecule has 0 aliphatic carbocycles. The third-order valence-electron chi connectivity index (χ3n) is 5.02. The number of hydrogen-bond acceptors (Lipinski definition) is 6. The van der Waals surface area contributed by atoms with Crippen molar-refractivity contribution < 1.29 is 17.9 Å². The van der Waals surface area contributed by atoms with Gasteiger partial charge in [0, 0.05) is 24.0 Å². The van der Waals surface area contributed by atoms with Crippen LogP contribution in [-0.2, 0) is 22.9 Å². The van der Waals surface area contributed by atoms with Gasteiger partial charge in [-0.25, -0.2) is 8.42 Å². The van der Waals surface area contributed by atoms with E-state index in [0.29, 0.717) is 29.6 Å². The van der Waals surface area contributed by atoms with Gasteiger partial charge in [-0.1, -0.05) is 6.07 Å². The van der Waals surface area contributed by atoms with Gasteiger partial charge < -0.3 is 4.74 Å². The van der Waals surface area contributed by atoms with Gasteiger partial charge in [0.1, 0.15) is 12.4 Å². The Kier molecular flexibility index (Phi) is 4.96. The number of aldehydes is 1. The van der Waals surface area contributed by atoms with Crippen LogP contribution in [0.5, 0.6) is 5.75 Å². The maximum atomic E-state index is 12.1. The quantitative estimate of drug-likeness (QED) is 0.578. The summed E-state index contributed by atoms with van der Waals surface area (Å²) in [5.74, 6) is 0.404. The zero-order valence-electron chi connectivity index (χ0n) is 16.2. The van der Waals surface area contributed by atoms with E-state index in [4.69, 9.17) is 4.74 Å². The lowest BCUT2D eigenvalue weighted by Gasteiger charge is -2.15. The first-order chi connectivity index (χ1) is 13.9. The predicted octanol–water partition coefficient (Wildman–Crippen LogP) is 3.25. The van der Waals surface area contributed by atoms with E-state index in [0.717, 1.165) is 17.0 Å².